The van der Waals surface area contributed by atoms with Crippen molar-refractivity contribution in [1.82, 2.24) is 0 Å². The van der Waals surface area contributed by atoms with Gasteiger partial charge < -0.3 is 10.2 Å². The molecule has 2 N–H and O–H groups in total. The molecule has 22 heavy (non-hydrogen) atoms. The fourth-order valence-electron chi connectivity index (χ4n) is 4.12. The largest absolute Gasteiger partial charge is 0.512 e. The first-order valence-corrected chi connectivity index (χ1v) is 9.26. The van der Waals surface area contributed by atoms with Crippen molar-refractivity contribution in [3.05, 3.63) is 39.6 Å². The lowest BCUT2D eigenvalue weighted by Gasteiger charge is -2.27. The van der Waals surface area contributed by atoms with Gasteiger partial charge in [0.1, 0.15) is 0 Å². The van der Waals surface area contributed by atoms with Crippen molar-refractivity contribution in [2.75, 3.05) is 0 Å². The first-order valence-electron chi connectivity index (χ1n) is 8.47. The maximum Gasteiger partial charge on any atom is 0.0989 e. The van der Waals surface area contributed by atoms with Crippen molar-refractivity contribution in [2.45, 2.75) is 58.0 Å². The number of rotatable bonds is 2. The van der Waals surface area contributed by atoms with E-state index in [4.69, 9.17) is 0 Å². The fourth-order valence-corrected chi connectivity index (χ4v) is 4.48. The van der Waals surface area contributed by atoms with Crippen molar-refractivity contribution in [2.24, 2.45) is 11.8 Å². The quantitative estimate of drug-likeness (QED) is 0.752. The molecule has 120 valence electrons. The summed E-state index contributed by atoms with van der Waals surface area (Å²) < 4.78 is 0.995. The molecule has 3 heteroatoms. The lowest BCUT2D eigenvalue weighted by molar-refractivity contribution is 0.169. The average Bonchev–Trinajstić information content (AvgIpc) is 2.58. The molecule has 1 atom stereocenters. The van der Waals surface area contributed by atoms with Crippen molar-refractivity contribution in [3.63, 3.8) is 0 Å². The predicted octanol–water partition coefficient (Wildman–Crippen LogP) is 5.24. The Morgan fingerprint density at radius 1 is 1.14 bits per heavy atom. The number of allylic oxidation sites excluding steroid dienone is 1. The smallest absolute Gasteiger partial charge is 0.0989 e. The molecule has 1 saturated carbocycles. The van der Waals surface area contributed by atoms with Crippen LogP contribution in [0.3, 0.4) is 0 Å². The SMILES string of the molecule is CCc1ccc(Br)cc1/C1=C(\O)CC2CCC(CC2)CC1O. The van der Waals surface area contributed by atoms with Gasteiger partial charge in [0.2, 0.25) is 0 Å². The molecule has 4 rings (SSSR count). The molecule has 1 aromatic rings. The zero-order valence-electron chi connectivity index (χ0n) is 13.2. The van der Waals surface area contributed by atoms with Crippen LogP contribution in [0.15, 0.2) is 28.4 Å². The van der Waals surface area contributed by atoms with Crippen LogP contribution in [0, 0.1) is 11.8 Å². The lowest BCUT2D eigenvalue weighted by atomic mass is 9.79. The number of aliphatic hydroxyl groups is 2. The van der Waals surface area contributed by atoms with Gasteiger partial charge in [0.25, 0.3) is 0 Å². The van der Waals surface area contributed by atoms with Crippen LogP contribution < -0.4 is 0 Å². The zero-order chi connectivity index (χ0) is 15.7. The fraction of sp³-hybridized carbons (Fsp3) is 0.579. The number of aryl methyl sites for hydroxylation is 1. The molecule has 0 saturated heterocycles. The summed E-state index contributed by atoms with van der Waals surface area (Å²) in [6.07, 6.45) is 6.61. The lowest BCUT2D eigenvalue weighted by Crippen LogP contribution is -2.19. The molecule has 0 aliphatic heterocycles. The van der Waals surface area contributed by atoms with Crippen LogP contribution in [0.5, 0.6) is 0 Å². The van der Waals surface area contributed by atoms with Crippen LogP contribution >= 0.6 is 15.9 Å². The van der Waals surface area contributed by atoms with E-state index in [1.165, 1.54) is 31.2 Å². The van der Waals surface area contributed by atoms with E-state index >= 15 is 0 Å². The minimum absolute atomic E-state index is 0.410. The summed E-state index contributed by atoms with van der Waals surface area (Å²) in [6.45, 7) is 2.12. The van der Waals surface area contributed by atoms with Crippen LogP contribution in [0.2, 0.25) is 0 Å². The second kappa shape index (κ2) is 6.76. The summed E-state index contributed by atoms with van der Waals surface area (Å²) in [6, 6.07) is 6.17. The summed E-state index contributed by atoms with van der Waals surface area (Å²) in [7, 11) is 0. The first kappa shape index (κ1) is 16.1. The van der Waals surface area contributed by atoms with E-state index in [0.717, 1.165) is 34.9 Å². The molecule has 0 radical (unpaired) electrons. The molecule has 1 unspecified atom stereocenters. The van der Waals surface area contributed by atoms with E-state index in [0.29, 0.717) is 17.6 Å². The zero-order valence-corrected chi connectivity index (χ0v) is 14.8. The normalized spacial score (nSPS) is 32.4. The summed E-state index contributed by atoms with van der Waals surface area (Å²) in [5.74, 6) is 1.59. The van der Waals surface area contributed by atoms with E-state index in [2.05, 4.69) is 28.9 Å². The standard InChI is InChI=1S/C19H25BrO2/c1-2-14-7-8-15(20)11-16(14)19-17(21)9-12-3-4-13(6-5-12)10-18(19)22/h7-8,11-13,17,21-22H,2-6,9-10H2,1H3/b19-18+. The van der Waals surface area contributed by atoms with Crippen LogP contribution in [-0.4, -0.2) is 16.3 Å². The number of hydrogen-bond acceptors (Lipinski definition) is 2. The predicted molar refractivity (Wildman–Crippen MR) is 93.8 cm³/mol. The number of halogens is 1. The van der Waals surface area contributed by atoms with Gasteiger partial charge in [-0.05, 0) is 60.8 Å². The monoisotopic (exact) mass is 364 g/mol. The van der Waals surface area contributed by atoms with Gasteiger partial charge in [-0.15, -0.1) is 0 Å². The molecule has 3 aliphatic rings. The van der Waals surface area contributed by atoms with Gasteiger partial charge in [-0.1, -0.05) is 41.8 Å². The van der Waals surface area contributed by atoms with Crippen molar-refractivity contribution < 1.29 is 10.2 Å². The second-order valence-corrected chi connectivity index (χ2v) is 7.77. The molecule has 0 amide bonds. The molecule has 1 fully saturated rings. The molecule has 0 heterocycles. The van der Waals surface area contributed by atoms with Crippen molar-refractivity contribution in [1.29, 1.82) is 0 Å². The third-order valence-electron chi connectivity index (χ3n) is 5.39. The van der Waals surface area contributed by atoms with E-state index in [9.17, 15) is 10.2 Å². The highest BCUT2D eigenvalue weighted by Gasteiger charge is 2.31. The Morgan fingerprint density at radius 3 is 2.50 bits per heavy atom. The summed E-state index contributed by atoms with van der Waals surface area (Å²) in [5.41, 5.74) is 2.98. The van der Waals surface area contributed by atoms with Crippen LogP contribution in [0.1, 0.15) is 56.6 Å². The van der Waals surface area contributed by atoms with Crippen molar-refractivity contribution in [3.8, 4) is 0 Å². The molecular formula is C19H25BrO2. The molecular weight excluding hydrogens is 340 g/mol. The van der Waals surface area contributed by atoms with Crippen LogP contribution in [0.4, 0.5) is 0 Å². The third-order valence-corrected chi connectivity index (χ3v) is 5.89. The Hall–Kier alpha value is -0.800. The average molecular weight is 365 g/mol. The van der Waals surface area contributed by atoms with E-state index in [1.807, 2.05) is 12.1 Å². The minimum Gasteiger partial charge on any atom is -0.512 e. The maximum absolute atomic E-state index is 10.8. The highest BCUT2D eigenvalue weighted by molar-refractivity contribution is 9.10. The molecule has 3 aliphatic carbocycles. The van der Waals surface area contributed by atoms with Gasteiger partial charge in [-0.2, -0.15) is 0 Å². The van der Waals surface area contributed by atoms with E-state index < -0.39 is 6.10 Å². The van der Waals surface area contributed by atoms with Crippen molar-refractivity contribution >= 4 is 21.5 Å². The Labute approximate surface area is 141 Å². The van der Waals surface area contributed by atoms with E-state index in [-0.39, 0.29) is 0 Å². The van der Waals surface area contributed by atoms with Gasteiger partial charge in [0.05, 0.1) is 11.9 Å². The molecule has 1 aromatic carbocycles. The van der Waals surface area contributed by atoms with Gasteiger partial charge in [0, 0.05) is 16.5 Å². The summed E-state index contributed by atoms with van der Waals surface area (Å²) in [4.78, 5) is 0. The Morgan fingerprint density at radius 2 is 1.82 bits per heavy atom. The van der Waals surface area contributed by atoms with Crippen LogP contribution in [-0.2, 0) is 6.42 Å². The molecule has 2 bridgehead atoms. The van der Waals surface area contributed by atoms with Gasteiger partial charge in [-0.3, -0.25) is 0 Å². The third kappa shape index (κ3) is 3.26. The summed E-state index contributed by atoms with van der Waals surface area (Å²) >= 11 is 3.53. The highest BCUT2D eigenvalue weighted by Crippen LogP contribution is 2.41. The summed E-state index contributed by atoms with van der Waals surface area (Å²) in [5, 5.41) is 21.6. The maximum atomic E-state index is 10.8. The highest BCUT2D eigenvalue weighted by atomic mass is 79.9. The first-order chi connectivity index (χ1) is 10.6. The number of fused-ring (bicyclic) bond motifs is 5. The Balaban J connectivity index is 2.07. The Kier molecular flexibility index (Phi) is 4.94. The van der Waals surface area contributed by atoms with Crippen LogP contribution in [0.25, 0.3) is 5.57 Å². The number of hydrogen-bond donors (Lipinski definition) is 2. The topological polar surface area (TPSA) is 40.5 Å². The molecule has 2 nitrogen and oxygen atoms in total. The van der Waals surface area contributed by atoms with Gasteiger partial charge in [0.15, 0.2) is 0 Å². The van der Waals surface area contributed by atoms with Gasteiger partial charge in [-0.25, -0.2) is 0 Å². The minimum atomic E-state index is -0.554. The van der Waals surface area contributed by atoms with Gasteiger partial charge >= 0.3 is 0 Å². The Bertz CT molecular complexity index is 571. The van der Waals surface area contributed by atoms with E-state index in [1.54, 1.807) is 0 Å². The second-order valence-electron chi connectivity index (χ2n) is 6.86. The number of aliphatic hydroxyl groups excluding tert-OH is 2. The number of benzene rings is 1. The molecule has 0 aromatic heterocycles. The molecule has 0 spiro atoms.